The van der Waals surface area contributed by atoms with Gasteiger partial charge >= 0.3 is 12.1 Å². The predicted octanol–water partition coefficient (Wildman–Crippen LogP) is 2.09. The van der Waals surface area contributed by atoms with Crippen LogP contribution in [0.5, 0.6) is 0 Å². The lowest BCUT2D eigenvalue weighted by Gasteiger charge is -2.61. The van der Waals surface area contributed by atoms with Crippen molar-refractivity contribution in [2.24, 2.45) is 22.7 Å². The van der Waals surface area contributed by atoms with Crippen molar-refractivity contribution in [1.29, 1.82) is 0 Å². The first-order valence-electron chi connectivity index (χ1n) is 8.20. The highest BCUT2D eigenvalue weighted by molar-refractivity contribution is 5.85. The Morgan fingerprint density at radius 3 is 2.17 bits per heavy atom. The molecule has 3 atom stereocenters. The van der Waals surface area contributed by atoms with Crippen LogP contribution in [0.2, 0.25) is 0 Å². The van der Waals surface area contributed by atoms with Crippen LogP contribution in [0.25, 0.3) is 0 Å². The normalized spacial score (nSPS) is 40.2. The van der Waals surface area contributed by atoms with Crippen molar-refractivity contribution in [2.45, 2.75) is 57.2 Å². The summed E-state index contributed by atoms with van der Waals surface area (Å²) in [6.45, 7) is 0.532. The smallest absolute Gasteiger partial charge is 0.394 e. The Morgan fingerprint density at radius 2 is 1.71 bits per heavy atom. The van der Waals surface area contributed by atoms with Gasteiger partial charge in [0.15, 0.2) is 5.60 Å². The molecule has 3 unspecified atom stereocenters. The number of carbonyl (C=O) groups is 2. The fourth-order valence-electron chi connectivity index (χ4n) is 5.38. The van der Waals surface area contributed by atoms with Crippen molar-refractivity contribution in [3.63, 3.8) is 0 Å². The Labute approximate surface area is 137 Å². The summed E-state index contributed by atoms with van der Waals surface area (Å²) in [4.78, 5) is 23.6. The number of rotatable bonds is 4. The maximum absolute atomic E-state index is 13.7. The summed E-state index contributed by atoms with van der Waals surface area (Å²) < 4.78 is 41.0. The molecule has 4 aliphatic carbocycles. The Bertz CT molecular complexity index is 558. The number of amides is 1. The summed E-state index contributed by atoms with van der Waals surface area (Å²) in [5.74, 6) is -2.26. The fourth-order valence-corrected chi connectivity index (χ4v) is 5.38. The first-order chi connectivity index (χ1) is 10.9. The highest BCUT2D eigenvalue weighted by Crippen LogP contribution is 2.69. The summed E-state index contributed by atoms with van der Waals surface area (Å²) in [7, 11) is 0. The minimum absolute atomic E-state index is 0.0921. The van der Waals surface area contributed by atoms with Crippen LogP contribution in [-0.4, -0.2) is 40.4 Å². The number of halogens is 3. The number of hydrogen-bond acceptors (Lipinski definition) is 3. The summed E-state index contributed by atoms with van der Waals surface area (Å²) in [6, 6.07) is 0. The molecule has 0 heterocycles. The van der Waals surface area contributed by atoms with Gasteiger partial charge in [-0.3, -0.25) is 4.79 Å². The third-order valence-corrected chi connectivity index (χ3v) is 6.20. The van der Waals surface area contributed by atoms with Gasteiger partial charge < -0.3 is 15.5 Å². The average Bonchev–Trinajstić information content (AvgIpc) is 2.42. The monoisotopic (exact) mass is 349 g/mol. The summed E-state index contributed by atoms with van der Waals surface area (Å²) in [6.07, 6.45) is -2.80. The molecule has 5 nitrogen and oxygen atoms in total. The van der Waals surface area contributed by atoms with Gasteiger partial charge in [0, 0.05) is 0 Å². The van der Waals surface area contributed by atoms with Crippen molar-refractivity contribution in [2.75, 3.05) is 6.54 Å². The van der Waals surface area contributed by atoms with Crippen LogP contribution < -0.4 is 5.32 Å². The van der Waals surface area contributed by atoms with Crippen LogP contribution in [0.3, 0.4) is 0 Å². The second kappa shape index (κ2) is 5.09. The van der Waals surface area contributed by atoms with E-state index in [1.165, 1.54) is 0 Å². The molecule has 4 rings (SSSR count). The molecule has 1 amide bonds. The van der Waals surface area contributed by atoms with E-state index < -0.39 is 41.0 Å². The van der Waals surface area contributed by atoms with Gasteiger partial charge in [-0.15, -0.1) is 0 Å². The molecule has 0 radical (unpaired) electrons. The van der Waals surface area contributed by atoms with E-state index in [0.29, 0.717) is 12.8 Å². The molecule has 0 aromatic heterocycles. The van der Waals surface area contributed by atoms with Crippen LogP contribution in [0, 0.1) is 22.7 Å². The number of carbonyl (C=O) groups excluding carboxylic acids is 1. The van der Waals surface area contributed by atoms with E-state index in [9.17, 15) is 27.9 Å². The second-order valence-corrected chi connectivity index (χ2v) is 8.28. The molecule has 24 heavy (non-hydrogen) atoms. The zero-order valence-corrected chi connectivity index (χ0v) is 13.4. The molecule has 0 aromatic rings. The summed E-state index contributed by atoms with van der Waals surface area (Å²) in [5, 5.41) is 21.0. The lowest BCUT2D eigenvalue weighted by atomic mass is 9.43. The molecule has 0 aliphatic heterocycles. The topological polar surface area (TPSA) is 86.6 Å². The van der Waals surface area contributed by atoms with Crippen LogP contribution in [0.15, 0.2) is 0 Å². The summed E-state index contributed by atoms with van der Waals surface area (Å²) in [5.41, 5.74) is -5.02. The Hall–Kier alpha value is -1.31. The lowest BCUT2D eigenvalue weighted by Crippen LogP contribution is -2.62. The second-order valence-electron chi connectivity index (χ2n) is 8.28. The van der Waals surface area contributed by atoms with E-state index in [-0.39, 0.29) is 31.1 Å². The quantitative estimate of drug-likeness (QED) is 0.725. The van der Waals surface area contributed by atoms with Gasteiger partial charge in [-0.2, -0.15) is 13.2 Å². The van der Waals surface area contributed by atoms with Gasteiger partial charge in [-0.05, 0) is 57.3 Å². The molecule has 0 aromatic carbocycles. The highest BCUT2D eigenvalue weighted by atomic mass is 19.4. The number of aliphatic carboxylic acids is 1. The molecule has 4 aliphatic rings. The molecule has 4 saturated carbocycles. The summed E-state index contributed by atoms with van der Waals surface area (Å²) >= 11 is 0. The third-order valence-electron chi connectivity index (χ3n) is 6.20. The molecular formula is C16H22F3NO4. The van der Waals surface area contributed by atoms with Crippen LogP contribution in [0.1, 0.15) is 45.4 Å². The van der Waals surface area contributed by atoms with E-state index in [1.54, 1.807) is 0 Å². The fraction of sp³-hybridized carbons (Fsp3) is 0.875. The van der Waals surface area contributed by atoms with Gasteiger partial charge in [-0.25, -0.2) is 4.79 Å². The van der Waals surface area contributed by atoms with E-state index in [1.807, 2.05) is 0 Å². The number of nitrogens with one attached hydrogen (secondary N) is 1. The zero-order chi connectivity index (χ0) is 18.0. The van der Waals surface area contributed by atoms with Gasteiger partial charge in [-0.1, -0.05) is 0 Å². The lowest BCUT2D eigenvalue weighted by molar-refractivity contribution is -0.283. The molecule has 0 saturated heterocycles. The first-order valence-corrected chi connectivity index (χ1v) is 8.20. The number of alkyl halides is 3. The molecule has 136 valence electrons. The maximum atomic E-state index is 13.7. The van der Waals surface area contributed by atoms with Gasteiger partial charge in [0.05, 0.1) is 17.4 Å². The first kappa shape index (κ1) is 17.5. The number of carboxylic acids is 1. The van der Waals surface area contributed by atoms with E-state index >= 15 is 0 Å². The van der Waals surface area contributed by atoms with E-state index in [0.717, 1.165) is 13.3 Å². The number of hydrogen-bond donors (Lipinski definition) is 3. The minimum atomic E-state index is -4.33. The van der Waals surface area contributed by atoms with E-state index in [2.05, 4.69) is 5.32 Å². The highest BCUT2D eigenvalue weighted by Gasteiger charge is 2.68. The Balaban J connectivity index is 1.80. The number of carboxylic acid groups (broad SMARTS) is 1. The van der Waals surface area contributed by atoms with Crippen molar-refractivity contribution in [1.82, 2.24) is 5.32 Å². The van der Waals surface area contributed by atoms with Gasteiger partial charge in [0.25, 0.3) is 0 Å². The molecular weight excluding hydrogens is 327 g/mol. The largest absolute Gasteiger partial charge is 0.479 e. The standard InChI is InChI=1S/C16H22F3NO4/c1-13(24,12(22)23)8-20-11(21)14-3-9-2-10(4-14)6-15(5-9,7-14)16(17,18)19/h9-10,24H,2-8H2,1H3,(H,20,21)(H,22,23). The van der Waals surface area contributed by atoms with Gasteiger partial charge in [0.1, 0.15) is 0 Å². The van der Waals surface area contributed by atoms with Crippen molar-refractivity contribution in [3.05, 3.63) is 0 Å². The van der Waals surface area contributed by atoms with Crippen LogP contribution >= 0.6 is 0 Å². The van der Waals surface area contributed by atoms with Gasteiger partial charge in [0.2, 0.25) is 5.91 Å². The molecule has 4 bridgehead atoms. The number of aliphatic hydroxyl groups is 1. The zero-order valence-electron chi connectivity index (χ0n) is 13.4. The SMILES string of the molecule is CC(O)(CNC(=O)C12CC3CC(C1)CC(C(F)(F)F)(C3)C2)C(=O)O. The van der Waals surface area contributed by atoms with Crippen molar-refractivity contribution in [3.8, 4) is 0 Å². The predicted molar refractivity (Wildman–Crippen MR) is 76.9 cm³/mol. The Morgan fingerprint density at radius 1 is 1.17 bits per heavy atom. The van der Waals surface area contributed by atoms with Crippen LogP contribution in [0.4, 0.5) is 13.2 Å². The van der Waals surface area contributed by atoms with Crippen molar-refractivity contribution >= 4 is 11.9 Å². The molecule has 3 N–H and O–H groups in total. The third kappa shape index (κ3) is 2.59. The minimum Gasteiger partial charge on any atom is -0.479 e. The molecule has 4 fully saturated rings. The Kier molecular flexibility index (Phi) is 3.72. The van der Waals surface area contributed by atoms with Crippen molar-refractivity contribution < 1.29 is 33.0 Å². The van der Waals surface area contributed by atoms with Crippen LogP contribution in [-0.2, 0) is 9.59 Å². The average molecular weight is 349 g/mol. The maximum Gasteiger partial charge on any atom is 0.394 e. The molecule has 0 spiro atoms. The van der Waals surface area contributed by atoms with E-state index in [4.69, 9.17) is 5.11 Å². The molecule has 8 heteroatoms.